The molecule has 0 radical (unpaired) electrons. The standard InChI is InChI=1S/C24H20Cl2O4/c1-29-19-11-12-20(23(13-19)30-2)22(27)14-21(15-3-7-17(25)8-4-15)24(28)16-5-9-18(26)10-6-16/h3-13,21H,14H2,1-2H3. The van der Waals surface area contributed by atoms with Crippen molar-refractivity contribution in [1.29, 1.82) is 0 Å². The van der Waals surface area contributed by atoms with Crippen LogP contribution in [0.5, 0.6) is 11.5 Å². The van der Waals surface area contributed by atoms with Crippen LogP contribution in [0.2, 0.25) is 10.0 Å². The number of hydrogen-bond acceptors (Lipinski definition) is 4. The number of benzene rings is 3. The number of hydrogen-bond donors (Lipinski definition) is 0. The summed E-state index contributed by atoms with van der Waals surface area (Å²) in [6.45, 7) is 0. The van der Waals surface area contributed by atoms with Gasteiger partial charge in [0.2, 0.25) is 0 Å². The molecule has 3 rings (SSSR count). The van der Waals surface area contributed by atoms with Gasteiger partial charge in [-0.25, -0.2) is 0 Å². The molecule has 6 heteroatoms. The summed E-state index contributed by atoms with van der Waals surface area (Å²) in [5, 5.41) is 1.09. The van der Waals surface area contributed by atoms with E-state index in [0.717, 1.165) is 0 Å². The van der Waals surface area contributed by atoms with E-state index in [1.165, 1.54) is 14.2 Å². The maximum atomic E-state index is 13.3. The largest absolute Gasteiger partial charge is 0.497 e. The van der Waals surface area contributed by atoms with Gasteiger partial charge >= 0.3 is 0 Å². The van der Waals surface area contributed by atoms with Gasteiger partial charge in [-0.15, -0.1) is 0 Å². The first-order valence-electron chi connectivity index (χ1n) is 9.23. The Bertz CT molecular complexity index is 1040. The van der Waals surface area contributed by atoms with Gasteiger partial charge in [0.15, 0.2) is 11.6 Å². The Kier molecular flexibility index (Phi) is 7.14. The molecular weight excluding hydrogens is 423 g/mol. The lowest BCUT2D eigenvalue weighted by molar-refractivity contribution is 0.0892. The first kappa shape index (κ1) is 21.9. The van der Waals surface area contributed by atoms with Crippen LogP contribution >= 0.6 is 23.2 Å². The van der Waals surface area contributed by atoms with Gasteiger partial charge in [0.25, 0.3) is 0 Å². The lowest BCUT2D eigenvalue weighted by atomic mass is 9.85. The van der Waals surface area contributed by atoms with Crippen LogP contribution in [0.15, 0.2) is 66.7 Å². The van der Waals surface area contributed by atoms with E-state index in [1.807, 2.05) is 0 Å². The molecule has 0 amide bonds. The van der Waals surface area contributed by atoms with Gasteiger partial charge in [-0.3, -0.25) is 9.59 Å². The van der Waals surface area contributed by atoms with Gasteiger partial charge in [0.1, 0.15) is 11.5 Å². The highest BCUT2D eigenvalue weighted by Gasteiger charge is 2.27. The molecule has 3 aromatic rings. The fourth-order valence-electron chi connectivity index (χ4n) is 3.20. The average molecular weight is 443 g/mol. The molecule has 0 bridgehead atoms. The van der Waals surface area contributed by atoms with Gasteiger partial charge in [-0.05, 0) is 54.1 Å². The molecule has 0 aliphatic carbocycles. The Morgan fingerprint density at radius 2 is 1.43 bits per heavy atom. The maximum absolute atomic E-state index is 13.3. The van der Waals surface area contributed by atoms with E-state index in [0.29, 0.717) is 38.2 Å². The fraction of sp³-hybridized carbons (Fsp3) is 0.167. The van der Waals surface area contributed by atoms with Crippen LogP contribution in [-0.4, -0.2) is 25.8 Å². The zero-order valence-corrected chi connectivity index (χ0v) is 18.0. The predicted octanol–water partition coefficient (Wildman–Crippen LogP) is 6.25. The molecule has 0 saturated carbocycles. The summed E-state index contributed by atoms with van der Waals surface area (Å²) in [6, 6.07) is 18.5. The molecule has 0 spiro atoms. The third kappa shape index (κ3) is 5.02. The summed E-state index contributed by atoms with van der Waals surface area (Å²) in [5.74, 6) is -0.0858. The van der Waals surface area contributed by atoms with E-state index in [2.05, 4.69) is 0 Å². The highest BCUT2D eigenvalue weighted by atomic mass is 35.5. The van der Waals surface area contributed by atoms with Crippen molar-refractivity contribution in [3.63, 3.8) is 0 Å². The number of Topliss-reactive ketones (excluding diaryl/α,β-unsaturated/α-hetero) is 2. The van der Waals surface area contributed by atoms with Crippen molar-refractivity contribution in [3.8, 4) is 11.5 Å². The lowest BCUT2D eigenvalue weighted by Crippen LogP contribution is -2.18. The zero-order chi connectivity index (χ0) is 21.7. The predicted molar refractivity (Wildman–Crippen MR) is 118 cm³/mol. The van der Waals surface area contributed by atoms with Crippen LogP contribution < -0.4 is 9.47 Å². The van der Waals surface area contributed by atoms with Crippen molar-refractivity contribution < 1.29 is 19.1 Å². The van der Waals surface area contributed by atoms with Crippen LogP contribution in [0.4, 0.5) is 0 Å². The molecule has 0 N–H and O–H groups in total. The van der Waals surface area contributed by atoms with E-state index in [1.54, 1.807) is 66.7 Å². The summed E-state index contributed by atoms with van der Waals surface area (Å²) in [5.41, 5.74) is 1.58. The van der Waals surface area contributed by atoms with E-state index in [-0.39, 0.29) is 18.0 Å². The van der Waals surface area contributed by atoms with E-state index < -0.39 is 5.92 Å². The highest BCUT2D eigenvalue weighted by Crippen LogP contribution is 2.31. The van der Waals surface area contributed by atoms with Gasteiger partial charge in [-0.1, -0.05) is 35.3 Å². The fourth-order valence-corrected chi connectivity index (χ4v) is 3.45. The summed E-state index contributed by atoms with van der Waals surface area (Å²) < 4.78 is 10.5. The smallest absolute Gasteiger partial charge is 0.170 e. The van der Waals surface area contributed by atoms with Crippen molar-refractivity contribution in [3.05, 3.63) is 93.5 Å². The minimum absolute atomic E-state index is 0.0220. The summed E-state index contributed by atoms with van der Waals surface area (Å²) in [6.07, 6.45) is -0.0220. The number of ether oxygens (including phenoxy) is 2. The van der Waals surface area contributed by atoms with Gasteiger partial charge < -0.3 is 9.47 Å². The first-order valence-corrected chi connectivity index (χ1v) is 9.99. The van der Waals surface area contributed by atoms with Crippen LogP contribution in [0, 0.1) is 0 Å². The third-order valence-corrected chi connectivity index (χ3v) is 5.32. The third-order valence-electron chi connectivity index (χ3n) is 4.82. The Balaban J connectivity index is 1.96. The number of carbonyl (C=O) groups excluding carboxylic acids is 2. The number of halogens is 2. The molecule has 30 heavy (non-hydrogen) atoms. The highest BCUT2D eigenvalue weighted by molar-refractivity contribution is 6.31. The van der Waals surface area contributed by atoms with Gasteiger partial charge in [0.05, 0.1) is 25.7 Å². The molecule has 1 unspecified atom stereocenters. The molecule has 0 saturated heterocycles. The maximum Gasteiger partial charge on any atom is 0.170 e. The van der Waals surface area contributed by atoms with Crippen LogP contribution in [0.1, 0.15) is 38.6 Å². The Morgan fingerprint density at radius 1 is 0.833 bits per heavy atom. The molecule has 0 aliphatic rings. The van der Waals surface area contributed by atoms with Crippen molar-refractivity contribution >= 4 is 34.8 Å². The monoisotopic (exact) mass is 442 g/mol. The quantitative estimate of drug-likeness (QED) is 0.386. The van der Waals surface area contributed by atoms with E-state index in [9.17, 15) is 9.59 Å². The Morgan fingerprint density at radius 3 is 2.00 bits per heavy atom. The topological polar surface area (TPSA) is 52.6 Å². The van der Waals surface area contributed by atoms with Crippen molar-refractivity contribution in [1.82, 2.24) is 0 Å². The number of carbonyl (C=O) groups is 2. The van der Waals surface area contributed by atoms with Crippen molar-refractivity contribution in [2.45, 2.75) is 12.3 Å². The van der Waals surface area contributed by atoms with Gasteiger partial charge in [-0.2, -0.15) is 0 Å². The minimum Gasteiger partial charge on any atom is -0.497 e. The molecule has 0 fully saturated rings. The van der Waals surface area contributed by atoms with E-state index >= 15 is 0 Å². The molecule has 154 valence electrons. The van der Waals surface area contributed by atoms with Crippen molar-refractivity contribution in [2.75, 3.05) is 14.2 Å². The molecule has 3 aromatic carbocycles. The number of rotatable bonds is 8. The second-order valence-corrected chi connectivity index (χ2v) is 7.54. The molecule has 4 nitrogen and oxygen atoms in total. The summed E-state index contributed by atoms with van der Waals surface area (Å²) >= 11 is 12.0. The number of ketones is 2. The van der Waals surface area contributed by atoms with Gasteiger partial charge in [0, 0.05) is 28.1 Å². The summed E-state index contributed by atoms with van der Waals surface area (Å²) in [4.78, 5) is 26.4. The average Bonchev–Trinajstić information content (AvgIpc) is 2.77. The molecular formula is C24H20Cl2O4. The van der Waals surface area contributed by atoms with E-state index in [4.69, 9.17) is 32.7 Å². The zero-order valence-electron chi connectivity index (χ0n) is 16.5. The lowest BCUT2D eigenvalue weighted by Gasteiger charge is -2.17. The first-order chi connectivity index (χ1) is 14.4. The van der Waals surface area contributed by atoms with Crippen molar-refractivity contribution in [2.24, 2.45) is 0 Å². The van der Waals surface area contributed by atoms with Crippen LogP contribution in [-0.2, 0) is 0 Å². The van der Waals surface area contributed by atoms with Crippen LogP contribution in [0.25, 0.3) is 0 Å². The minimum atomic E-state index is -0.678. The molecule has 0 heterocycles. The van der Waals surface area contributed by atoms with Crippen LogP contribution in [0.3, 0.4) is 0 Å². The Labute approximate surface area is 185 Å². The molecule has 0 aliphatic heterocycles. The normalized spacial score (nSPS) is 11.6. The summed E-state index contributed by atoms with van der Waals surface area (Å²) in [7, 11) is 3.03. The SMILES string of the molecule is COc1ccc(C(=O)CC(C(=O)c2ccc(Cl)cc2)c2ccc(Cl)cc2)c(OC)c1. The molecule has 0 aromatic heterocycles. The second kappa shape index (κ2) is 9.79. The Hall–Kier alpha value is -2.82. The number of methoxy groups -OCH3 is 2. The second-order valence-electron chi connectivity index (χ2n) is 6.67. The molecule has 1 atom stereocenters.